The van der Waals surface area contributed by atoms with Crippen LogP contribution in [-0.2, 0) is 27.9 Å². The zero-order valence-electron chi connectivity index (χ0n) is 11.3. The van der Waals surface area contributed by atoms with Crippen LogP contribution in [0.15, 0.2) is 47.6 Å². The molecule has 21 heavy (non-hydrogen) atoms. The van der Waals surface area contributed by atoms with E-state index in [9.17, 15) is 13.2 Å². The fourth-order valence-corrected chi connectivity index (χ4v) is 2.25. The molecule has 0 radical (unpaired) electrons. The molecule has 1 amide bonds. The number of primary sulfonamides is 1. The number of carbonyl (C=O) groups excluding carboxylic acids is 1. The number of hydrogen-bond donors (Lipinski definition) is 2. The second-order valence-electron chi connectivity index (χ2n) is 4.48. The average Bonchev–Trinajstić information content (AvgIpc) is 2.95. The highest BCUT2D eigenvalue weighted by molar-refractivity contribution is 7.89. The van der Waals surface area contributed by atoms with Gasteiger partial charge in [0.25, 0.3) is 0 Å². The molecule has 0 saturated heterocycles. The third-order valence-electron chi connectivity index (χ3n) is 2.87. The average molecular weight is 308 g/mol. The normalized spacial score (nSPS) is 11.3. The molecule has 0 atom stereocenters. The Balaban J connectivity index is 1.81. The summed E-state index contributed by atoms with van der Waals surface area (Å²) in [7, 11) is -3.68. The summed E-state index contributed by atoms with van der Waals surface area (Å²) >= 11 is 0. The fourth-order valence-electron chi connectivity index (χ4n) is 1.73. The number of aryl methyl sites for hydroxylation is 1. The minimum atomic E-state index is -3.68. The molecule has 0 aliphatic carbocycles. The maximum Gasteiger partial charge on any atom is 0.238 e. The van der Waals surface area contributed by atoms with Gasteiger partial charge in [-0.15, -0.1) is 0 Å². The molecular formula is C13H16N4O3S. The van der Waals surface area contributed by atoms with E-state index < -0.39 is 10.0 Å². The van der Waals surface area contributed by atoms with Gasteiger partial charge in [0, 0.05) is 31.9 Å². The SMILES string of the molecule is NS(=O)(=O)c1ccc(CNC(=O)CCn2cccn2)cc1. The molecule has 1 aromatic carbocycles. The Labute approximate surface area is 122 Å². The lowest BCUT2D eigenvalue weighted by molar-refractivity contribution is -0.121. The van der Waals surface area contributed by atoms with E-state index in [0.717, 1.165) is 5.56 Å². The summed E-state index contributed by atoms with van der Waals surface area (Å²) in [5.41, 5.74) is 0.801. The second-order valence-corrected chi connectivity index (χ2v) is 6.05. The minimum Gasteiger partial charge on any atom is -0.352 e. The van der Waals surface area contributed by atoms with Crippen molar-refractivity contribution in [3.05, 3.63) is 48.3 Å². The van der Waals surface area contributed by atoms with Gasteiger partial charge in [0.1, 0.15) is 0 Å². The van der Waals surface area contributed by atoms with Crippen molar-refractivity contribution in [1.29, 1.82) is 0 Å². The molecule has 3 N–H and O–H groups in total. The van der Waals surface area contributed by atoms with Crippen LogP contribution in [0.3, 0.4) is 0 Å². The van der Waals surface area contributed by atoms with E-state index in [2.05, 4.69) is 10.4 Å². The summed E-state index contributed by atoms with van der Waals surface area (Å²) in [6.45, 7) is 0.853. The lowest BCUT2D eigenvalue weighted by Crippen LogP contribution is -2.24. The van der Waals surface area contributed by atoms with Crippen LogP contribution in [0.1, 0.15) is 12.0 Å². The molecule has 8 heteroatoms. The summed E-state index contributed by atoms with van der Waals surface area (Å²) < 4.78 is 23.9. The number of benzene rings is 1. The molecule has 0 bridgehead atoms. The fraction of sp³-hybridized carbons (Fsp3) is 0.231. The van der Waals surface area contributed by atoms with Gasteiger partial charge < -0.3 is 5.32 Å². The predicted molar refractivity (Wildman–Crippen MR) is 76.5 cm³/mol. The van der Waals surface area contributed by atoms with Crippen molar-refractivity contribution in [2.75, 3.05) is 0 Å². The predicted octanol–water partition coefficient (Wildman–Crippen LogP) is 0.237. The zero-order chi connectivity index (χ0) is 15.3. The maximum atomic E-state index is 11.7. The van der Waals surface area contributed by atoms with Gasteiger partial charge in [-0.25, -0.2) is 13.6 Å². The number of sulfonamides is 1. The molecule has 1 heterocycles. The zero-order valence-corrected chi connectivity index (χ0v) is 12.1. The van der Waals surface area contributed by atoms with Crippen molar-refractivity contribution in [3.8, 4) is 0 Å². The molecule has 0 aliphatic rings. The lowest BCUT2D eigenvalue weighted by Gasteiger charge is -2.06. The van der Waals surface area contributed by atoms with Gasteiger partial charge >= 0.3 is 0 Å². The first-order valence-electron chi connectivity index (χ1n) is 6.31. The number of nitrogens with two attached hydrogens (primary N) is 1. The van der Waals surface area contributed by atoms with Crippen molar-refractivity contribution in [1.82, 2.24) is 15.1 Å². The monoisotopic (exact) mass is 308 g/mol. The number of hydrogen-bond acceptors (Lipinski definition) is 4. The maximum absolute atomic E-state index is 11.7. The van der Waals surface area contributed by atoms with E-state index >= 15 is 0 Å². The number of amides is 1. The number of aromatic nitrogens is 2. The van der Waals surface area contributed by atoms with Crippen molar-refractivity contribution >= 4 is 15.9 Å². The summed E-state index contributed by atoms with van der Waals surface area (Å²) in [4.78, 5) is 11.7. The van der Waals surface area contributed by atoms with Crippen LogP contribution in [0.2, 0.25) is 0 Å². The van der Waals surface area contributed by atoms with Gasteiger partial charge in [0.2, 0.25) is 15.9 Å². The van der Waals surface area contributed by atoms with Crippen molar-refractivity contribution in [2.45, 2.75) is 24.4 Å². The van der Waals surface area contributed by atoms with Crippen LogP contribution >= 0.6 is 0 Å². The van der Waals surface area contributed by atoms with Crippen LogP contribution in [-0.4, -0.2) is 24.1 Å². The number of nitrogens with zero attached hydrogens (tertiary/aromatic N) is 2. The van der Waals surface area contributed by atoms with Crippen molar-refractivity contribution in [2.24, 2.45) is 5.14 Å². The molecule has 0 fully saturated rings. The molecule has 0 spiro atoms. The first-order valence-corrected chi connectivity index (χ1v) is 7.85. The summed E-state index contributed by atoms with van der Waals surface area (Å²) in [6.07, 6.45) is 3.78. The standard InChI is InChI=1S/C13H16N4O3S/c14-21(19,20)12-4-2-11(3-5-12)10-15-13(18)6-9-17-8-1-7-16-17/h1-5,7-8H,6,9-10H2,(H,15,18)(H2,14,19,20). The van der Waals surface area contributed by atoms with Crippen LogP contribution in [0, 0.1) is 0 Å². The van der Waals surface area contributed by atoms with E-state index in [4.69, 9.17) is 5.14 Å². The minimum absolute atomic E-state index is 0.0521. The Morgan fingerprint density at radius 2 is 2.00 bits per heavy atom. The van der Waals surface area contributed by atoms with Crippen LogP contribution < -0.4 is 10.5 Å². The molecule has 0 unspecified atom stereocenters. The van der Waals surface area contributed by atoms with Gasteiger partial charge in [-0.2, -0.15) is 5.10 Å². The molecule has 2 rings (SSSR count). The topological polar surface area (TPSA) is 107 Å². The summed E-state index contributed by atoms with van der Waals surface area (Å²) in [5, 5.41) is 11.8. The molecular weight excluding hydrogens is 292 g/mol. The van der Waals surface area contributed by atoms with Gasteiger partial charge in [-0.05, 0) is 23.8 Å². The molecule has 0 saturated carbocycles. The quantitative estimate of drug-likeness (QED) is 0.797. The van der Waals surface area contributed by atoms with Gasteiger partial charge in [-0.1, -0.05) is 12.1 Å². The van der Waals surface area contributed by atoms with Crippen LogP contribution in [0.25, 0.3) is 0 Å². The Kier molecular flexibility index (Phi) is 4.71. The first-order chi connectivity index (χ1) is 9.95. The number of rotatable bonds is 6. The van der Waals surface area contributed by atoms with Crippen molar-refractivity contribution < 1.29 is 13.2 Å². The van der Waals surface area contributed by atoms with Gasteiger partial charge in [0.15, 0.2) is 0 Å². The largest absolute Gasteiger partial charge is 0.352 e. The highest BCUT2D eigenvalue weighted by Crippen LogP contribution is 2.08. The first kappa shape index (κ1) is 15.2. The van der Waals surface area contributed by atoms with Gasteiger partial charge in [0.05, 0.1) is 4.90 Å². The lowest BCUT2D eigenvalue weighted by atomic mass is 10.2. The third-order valence-corrected chi connectivity index (χ3v) is 3.80. The molecule has 2 aromatic rings. The molecule has 1 aromatic heterocycles. The Morgan fingerprint density at radius 1 is 1.29 bits per heavy atom. The van der Waals surface area contributed by atoms with E-state index in [0.29, 0.717) is 19.5 Å². The smallest absolute Gasteiger partial charge is 0.238 e. The number of nitrogens with one attached hydrogen (secondary N) is 1. The Hall–Kier alpha value is -2.19. The third kappa shape index (κ3) is 4.69. The van der Waals surface area contributed by atoms with E-state index in [1.54, 1.807) is 35.3 Å². The molecule has 0 aliphatic heterocycles. The van der Waals surface area contributed by atoms with Crippen molar-refractivity contribution in [3.63, 3.8) is 0 Å². The van der Waals surface area contributed by atoms with Crippen LogP contribution in [0.5, 0.6) is 0 Å². The van der Waals surface area contributed by atoms with E-state index in [-0.39, 0.29) is 10.8 Å². The van der Waals surface area contributed by atoms with E-state index in [1.807, 2.05) is 0 Å². The van der Waals surface area contributed by atoms with E-state index in [1.165, 1.54) is 12.1 Å². The highest BCUT2D eigenvalue weighted by Gasteiger charge is 2.07. The Morgan fingerprint density at radius 3 is 2.57 bits per heavy atom. The summed E-state index contributed by atoms with van der Waals surface area (Å²) in [5.74, 6) is -0.0963. The molecule has 112 valence electrons. The Bertz CT molecular complexity index is 694. The van der Waals surface area contributed by atoms with Gasteiger partial charge in [-0.3, -0.25) is 9.48 Å². The number of carbonyl (C=O) groups is 1. The summed E-state index contributed by atoms with van der Waals surface area (Å²) in [6, 6.07) is 7.87. The molecule has 7 nitrogen and oxygen atoms in total. The van der Waals surface area contributed by atoms with Crippen LogP contribution in [0.4, 0.5) is 0 Å². The second kappa shape index (κ2) is 6.51. The highest BCUT2D eigenvalue weighted by atomic mass is 32.2.